The Hall–Kier alpha value is -1.21. The van der Waals surface area contributed by atoms with Gasteiger partial charge < -0.3 is 5.32 Å². The Morgan fingerprint density at radius 2 is 1.78 bits per heavy atom. The number of benzene rings is 1. The fourth-order valence-corrected chi connectivity index (χ4v) is 2.33. The molecule has 7 heteroatoms. The standard InChI is InChI=1S/C11H16F2N2O2S/c1-2-6-14-7-8-18(16,17)15-11-9(12)4-3-5-10(11)13/h3-5,14-15H,2,6-8H2,1H3. The van der Waals surface area contributed by atoms with E-state index in [1.54, 1.807) is 0 Å². The Morgan fingerprint density at radius 3 is 2.33 bits per heavy atom. The number of para-hydroxylation sites is 1. The Kier molecular flexibility index (Phi) is 5.49. The van der Waals surface area contributed by atoms with Crippen molar-refractivity contribution < 1.29 is 17.2 Å². The van der Waals surface area contributed by atoms with Gasteiger partial charge >= 0.3 is 0 Å². The van der Waals surface area contributed by atoms with Crippen LogP contribution in [0.5, 0.6) is 0 Å². The second-order valence-corrected chi connectivity index (χ2v) is 5.61. The summed E-state index contributed by atoms with van der Waals surface area (Å²) in [5, 5.41) is 2.90. The average molecular weight is 278 g/mol. The van der Waals surface area contributed by atoms with Crippen LogP contribution in [0.15, 0.2) is 18.2 Å². The summed E-state index contributed by atoms with van der Waals surface area (Å²) in [7, 11) is -3.75. The maximum atomic E-state index is 13.2. The Bertz CT molecular complexity index is 472. The van der Waals surface area contributed by atoms with Crippen molar-refractivity contribution in [3.05, 3.63) is 29.8 Å². The van der Waals surface area contributed by atoms with Gasteiger partial charge in [-0.3, -0.25) is 4.72 Å². The Labute approximate surface area is 105 Å². The van der Waals surface area contributed by atoms with Crippen molar-refractivity contribution >= 4 is 15.7 Å². The van der Waals surface area contributed by atoms with Gasteiger partial charge in [-0.05, 0) is 25.1 Å². The lowest BCUT2D eigenvalue weighted by atomic mass is 10.3. The average Bonchev–Trinajstić information content (AvgIpc) is 2.30. The van der Waals surface area contributed by atoms with E-state index in [0.717, 1.165) is 18.6 Å². The molecule has 0 unspecified atom stereocenters. The molecule has 0 atom stereocenters. The van der Waals surface area contributed by atoms with E-state index in [2.05, 4.69) is 5.32 Å². The topological polar surface area (TPSA) is 58.2 Å². The first-order valence-corrected chi connectivity index (χ1v) is 7.26. The van der Waals surface area contributed by atoms with Gasteiger partial charge in [0.2, 0.25) is 10.0 Å². The van der Waals surface area contributed by atoms with Crippen LogP contribution < -0.4 is 10.0 Å². The summed E-state index contributed by atoms with van der Waals surface area (Å²) >= 11 is 0. The van der Waals surface area contributed by atoms with Gasteiger partial charge in [0.25, 0.3) is 0 Å². The fraction of sp³-hybridized carbons (Fsp3) is 0.455. The Balaban J connectivity index is 2.65. The molecule has 0 spiro atoms. The van der Waals surface area contributed by atoms with Gasteiger partial charge in [-0.1, -0.05) is 13.0 Å². The summed E-state index contributed by atoms with van der Waals surface area (Å²) < 4.78 is 51.6. The van der Waals surface area contributed by atoms with Crippen LogP contribution in [-0.2, 0) is 10.0 Å². The fourth-order valence-electron chi connectivity index (χ4n) is 1.31. The quantitative estimate of drug-likeness (QED) is 0.746. The Morgan fingerprint density at radius 1 is 1.17 bits per heavy atom. The number of hydrogen-bond acceptors (Lipinski definition) is 3. The number of nitrogens with one attached hydrogen (secondary N) is 2. The molecule has 0 aliphatic carbocycles. The van der Waals surface area contributed by atoms with Gasteiger partial charge in [-0.25, -0.2) is 17.2 Å². The van der Waals surface area contributed by atoms with Gasteiger partial charge in [0, 0.05) is 6.54 Å². The summed E-state index contributed by atoms with van der Waals surface area (Å²) in [5.41, 5.74) is -0.631. The molecular weight excluding hydrogens is 262 g/mol. The molecule has 1 rings (SSSR count). The van der Waals surface area contributed by atoms with Crippen molar-refractivity contribution in [2.45, 2.75) is 13.3 Å². The molecule has 0 amide bonds. The molecular formula is C11H16F2N2O2S. The van der Waals surface area contributed by atoms with E-state index < -0.39 is 27.3 Å². The zero-order chi connectivity index (χ0) is 13.6. The first-order valence-electron chi connectivity index (χ1n) is 5.61. The molecule has 2 N–H and O–H groups in total. The lowest BCUT2D eigenvalue weighted by Gasteiger charge is -2.10. The third-order valence-corrected chi connectivity index (χ3v) is 3.45. The third kappa shape index (κ3) is 4.58. The number of rotatable bonds is 7. The van der Waals surface area contributed by atoms with Gasteiger partial charge in [-0.2, -0.15) is 0 Å². The van der Waals surface area contributed by atoms with Gasteiger partial charge in [0.05, 0.1) is 5.75 Å². The molecule has 0 fully saturated rings. The summed E-state index contributed by atoms with van der Waals surface area (Å²) in [6, 6.07) is 3.16. The molecule has 0 radical (unpaired) electrons. The number of halogens is 2. The number of anilines is 1. The molecule has 0 bridgehead atoms. The third-order valence-electron chi connectivity index (χ3n) is 2.19. The maximum Gasteiger partial charge on any atom is 0.234 e. The minimum atomic E-state index is -3.75. The van der Waals surface area contributed by atoms with Gasteiger partial charge in [0.15, 0.2) is 0 Å². The summed E-state index contributed by atoms with van der Waals surface area (Å²) in [6.45, 7) is 2.89. The predicted octanol–water partition coefficient (Wildman–Crippen LogP) is 1.71. The second-order valence-electron chi connectivity index (χ2n) is 3.77. The van der Waals surface area contributed by atoms with E-state index in [0.29, 0.717) is 6.54 Å². The molecule has 1 aromatic rings. The number of sulfonamides is 1. The van der Waals surface area contributed by atoms with Crippen molar-refractivity contribution in [2.75, 3.05) is 23.6 Å². The highest BCUT2D eigenvalue weighted by molar-refractivity contribution is 7.92. The lowest BCUT2D eigenvalue weighted by molar-refractivity contribution is 0.580. The SMILES string of the molecule is CCCNCCS(=O)(=O)Nc1c(F)cccc1F. The molecule has 0 heterocycles. The van der Waals surface area contributed by atoms with Crippen LogP contribution in [0.4, 0.5) is 14.5 Å². The normalized spacial score (nSPS) is 11.5. The highest BCUT2D eigenvalue weighted by Gasteiger charge is 2.16. The molecule has 1 aromatic carbocycles. The van der Waals surface area contributed by atoms with E-state index in [-0.39, 0.29) is 12.3 Å². The molecule has 4 nitrogen and oxygen atoms in total. The highest BCUT2D eigenvalue weighted by Crippen LogP contribution is 2.19. The van der Waals surface area contributed by atoms with Gasteiger partial charge in [0.1, 0.15) is 17.3 Å². The van der Waals surface area contributed by atoms with Crippen LogP contribution in [0.2, 0.25) is 0 Å². The molecule has 0 aromatic heterocycles. The highest BCUT2D eigenvalue weighted by atomic mass is 32.2. The van der Waals surface area contributed by atoms with E-state index in [1.165, 1.54) is 6.07 Å². The van der Waals surface area contributed by atoms with E-state index in [4.69, 9.17) is 0 Å². The smallest absolute Gasteiger partial charge is 0.234 e. The predicted molar refractivity (Wildman–Crippen MR) is 66.9 cm³/mol. The molecule has 0 saturated carbocycles. The van der Waals surface area contributed by atoms with Crippen LogP contribution >= 0.6 is 0 Å². The summed E-state index contributed by atoms with van der Waals surface area (Å²) in [5.74, 6) is -2.10. The van der Waals surface area contributed by atoms with Crippen LogP contribution in [0, 0.1) is 11.6 Å². The van der Waals surface area contributed by atoms with Crippen LogP contribution in [-0.4, -0.2) is 27.3 Å². The van der Waals surface area contributed by atoms with Crippen molar-refractivity contribution in [1.29, 1.82) is 0 Å². The first kappa shape index (κ1) is 14.8. The molecule has 0 aliphatic rings. The van der Waals surface area contributed by atoms with Crippen LogP contribution in [0.3, 0.4) is 0 Å². The minimum Gasteiger partial charge on any atom is -0.316 e. The number of hydrogen-bond donors (Lipinski definition) is 2. The summed E-state index contributed by atoms with van der Waals surface area (Å²) in [6.07, 6.45) is 0.884. The first-order chi connectivity index (χ1) is 8.46. The largest absolute Gasteiger partial charge is 0.316 e. The lowest BCUT2D eigenvalue weighted by Crippen LogP contribution is -2.27. The maximum absolute atomic E-state index is 13.2. The van der Waals surface area contributed by atoms with Crippen molar-refractivity contribution in [3.63, 3.8) is 0 Å². The molecule has 18 heavy (non-hydrogen) atoms. The van der Waals surface area contributed by atoms with Crippen molar-refractivity contribution in [2.24, 2.45) is 0 Å². The van der Waals surface area contributed by atoms with Crippen LogP contribution in [0.1, 0.15) is 13.3 Å². The zero-order valence-electron chi connectivity index (χ0n) is 10.0. The van der Waals surface area contributed by atoms with E-state index >= 15 is 0 Å². The van der Waals surface area contributed by atoms with Crippen molar-refractivity contribution in [1.82, 2.24) is 5.32 Å². The molecule has 0 saturated heterocycles. The monoisotopic (exact) mass is 278 g/mol. The molecule has 0 aliphatic heterocycles. The zero-order valence-corrected chi connectivity index (χ0v) is 10.9. The minimum absolute atomic E-state index is 0.235. The van der Waals surface area contributed by atoms with Crippen LogP contribution in [0.25, 0.3) is 0 Å². The molecule has 102 valence electrons. The van der Waals surface area contributed by atoms with E-state index in [9.17, 15) is 17.2 Å². The summed E-state index contributed by atoms with van der Waals surface area (Å²) in [4.78, 5) is 0. The second kappa shape index (κ2) is 6.65. The van der Waals surface area contributed by atoms with E-state index in [1.807, 2.05) is 11.6 Å². The van der Waals surface area contributed by atoms with Gasteiger partial charge in [-0.15, -0.1) is 0 Å². The van der Waals surface area contributed by atoms with Crippen molar-refractivity contribution in [3.8, 4) is 0 Å².